The van der Waals surface area contributed by atoms with Crippen LogP contribution in [0, 0.1) is 5.92 Å². The van der Waals surface area contributed by atoms with Crippen molar-refractivity contribution in [1.82, 2.24) is 0 Å². The van der Waals surface area contributed by atoms with Crippen LogP contribution in [0.15, 0.2) is 18.2 Å². The lowest BCUT2D eigenvalue weighted by atomic mass is 9.94. The van der Waals surface area contributed by atoms with Crippen molar-refractivity contribution in [3.63, 3.8) is 0 Å². The van der Waals surface area contributed by atoms with Gasteiger partial charge in [0.15, 0.2) is 0 Å². The van der Waals surface area contributed by atoms with Crippen LogP contribution in [0.5, 0.6) is 11.5 Å². The molecule has 25 heavy (non-hydrogen) atoms. The van der Waals surface area contributed by atoms with Crippen LogP contribution in [0.3, 0.4) is 0 Å². The maximum Gasteiger partial charge on any atom is 0.140 e. The minimum atomic E-state index is -0.400. The molecule has 0 aliphatic rings. The van der Waals surface area contributed by atoms with Crippen LogP contribution in [0.1, 0.15) is 58.8 Å². The van der Waals surface area contributed by atoms with E-state index in [0.29, 0.717) is 29.5 Å². The molecule has 0 fully saturated rings. The molecule has 0 aliphatic carbocycles. The minimum Gasteiger partial charge on any atom is -0.497 e. The highest BCUT2D eigenvalue weighted by Crippen LogP contribution is 2.28. The average Bonchev–Trinajstić information content (AvgIpc) is 2.56. The molecule has 0 saturated heterocycles. The summed E-state index contributed by atoms with van der Waals surface area (Å²) in [4.78, 5) is 22.7. The van der Waals surface area contributed by atoms with Crippen molar-refractivity contribution < 1.29 is 19.1 Å². The molecule has 1 rings (SSSR count). The largest absolute Gasteiger partial charge is 0.497 e. The number of carbonyl (C=O) groups is 2. The Balaban J connectivity index is 2.07. The van der Waals surface area contributed by atoms with Crippen LogP contribution in [0.2, 0.25) is 5.02 Å². The van der Waals surface area contributed by atoms with Gasteiger partial charge in [0.25, 0.3) is 0 Å². The van der Waals surface area contributed by atoms with Crippen LogP contribution in [0.25, 0.3) is 0 Å². The standard InChI is InChI=1S/C20H29ClO4/c1-15(22)18(16(2)23)10-8-6-4-5-7-9-13-25-20-12-11-17(24-3)14-19(20)21/h11-12,14,18H,4-10,13H2,1-3H3. The first-order valence-electron chi connectivity index (χ1n) is 8.93. The fourth-order valence-electron chi connectivity index (χ4n) is 2.76. The molecule has 140 valence electrons. The van der Waals surface area contributed by atoms with E-state index in [2.05, 4.69) is 0 Å². The smallest absolute Gasteiger partial charge is 0.140 e. The molecule has 5 heteroatoms. The SMILES string of the molecule is COc1ccc(OCCCCCCCCC(C(C)=O)C(C)=O)c(Cl)c1. The number of Topliss-reactive ketones (excluding diaryl/α,β-unsaturated/α-hetero) is 2. The van der Waals surface area contributed by atoms with Crippen molar-refractivity contribution in [2.24, 2.45) is 5.92 Å². The Kier molecular flexibility index (Phi) is 10.2. The summed E-state index contributed by atoms with van der Waals surface area (Å²) in [5.74, 6) is 0.974. The van der Waals surface area contributed by atoms with Crippen molar-refractivity contribution in [2.75, 3.05) is 13.7 Å². The Labute approximate surface area is 155 Å². The van der Waals surface area contributed by atoms with E-state index in [-0.39, 0.29) is 11.6 Å². The summed E-state index contributed by atoms with van der Waals surface area (Å²) >= 11 is 6.12. The molecule has 0 aromatic heterocycles. The van der Waals surface area contributed by atoms with Gasteiger partial charge < -0.3 is 9.47 Å². The molecule has 0 radical (unpaired) electrons. The number of methoxy groups -OCH3 is 1. The molecule has 1 aromatic carbocycles. The van der Waals surface area contributed by atoms with Gasteiger partial charge in [0.2, 0.25) is 0 Å². The van der Waals surface area contributed by atoms with E-state index in [1.54, 1.807) is 13.2 Å². The fourth-order valence-corrected chi connectivity index (χ4v) is 2.98. The van der Waals surface area contributed by atoms with Crippen molar-refractivity contribution in [3.05, 3.63) is 23.2 Å². The lowest BCUT2D eigenvalue weighted by Gasteiger charge is -2.10. The van der Waals surface area contributed by atoms with Gasteiger partial charge in [-0.1, -0.05) is 43.7 Å². The molecule has 4 nitrogen and oxygen atoms in total. The number of halogens is 1. The molecule has 0 N–H and O–H groups in total. The quantitative estimate of drug-likeness (QED) is 0.352. The van der Waals surface area contributed by atoms with Gasteiger partial charge in [-0.15, -0.1) is 0 Å². The molecule has 0 aliphatic heterocycles. The summed E-state index contributed by atoms with van der Waals surface area (Å²) in [6.45, 7) is 3.64. The van der Waals surface area contributed by atoms with E-state index in [0.717, 1.165) is 38.5 Å². The van der Waals surface area contributed by atoms with Crippen molar-refractivity contribution in [1.29, 1.82) is 0 Å². The molecule has 0 atom stereocenters. The van der Waals surface area contributed by atoms with Crippen LogP contribution in [-0.2, 0) is 9.59 Å². The normalized spacial score (nSPS) is 10.8. The first kappa shape index (κ1) is 21.5. The van der Waals surface area contributed by atoms with Crippen LogP contribution in [0.4, 0.5) is 0 Å². The second kappa shape index (κ2) is 11.9. The van der Waals surface area contributed by atoms with E-state index in [1.165, 1.54) is 13.8 Å². The number of rotatable bonds is 13. The van der Waals surface area contributed by atoms with Gasteiger partial charge in [0.05, 0.1) is 24.7 Å². The average molecular weight is 369 g/mol. The summed E-state index contributed by atoms with van der Waals surface area (Å²) in [6, 6.07) is 5.39. The van der Waals surface area contributed by atoms with Crippen LogP contribution in [-0.4, -0.2) is 25.3 Å². The van der Waals surface area contributed by atoms with Gasteiger partial charge in [-0.05, 0) is 38.8 Å². The van der Waals surface area contributed by atoms with Gasteiger partial charge in [-0.25, -0.2) is 0 Å². The number of ether oxygens (including phenoxy) is 2. The van der Waals surface area contributed by atoms with Gasteiger partial charge >= 0.3 is 0 Å². The zero-order valence-corrected chi connectivity index (χ0v) is 16.2. The topological polar surface area (TPSA) is 52.6 Å². The Bertz CT molecular complexity index is 543. The van der Waals surface area contributed by atoms with Crippen molar-refractivity contribution >= 4 is 23.2 Å². The van der Waals surface area contributed by atoms with Gasteiger partial charge in [-0.3, -0.25) is 9.59 Å². The molecule has 1 aromatic rings. The molecule has 0 unspecified atom stereocenters. The van der Waals surface area contributed by atoms with Gasteiger partial charge in [-0.2, -0.15) is 0 Å². The molecule has 0 heterocycles. The third kappa shape index (κ3) is 8.39. The second-order valence-corrected chi connectivity index (χ2v) is 6.74. The maximum absolute atomic E-state index is 11.3. The second-order valence-electron chi connectivity index (χ2n) is 6.33. The number of ketones is 2. The van der Waals surface area contributed by atoms with Gasteiger partial charge in [0, 0.05) is 6.07 Å². The molecule has 0 saturated carbocycles. The summed E-state index contributed by atoms with van der Waals surface area (Å²) in [5.41, 5.74) is 0. The minimum absolute atomic E-state index is 0.0122. The van der Waals surface area contributed by atoms with E-state index < -0.39 is 5.92 Å². The number of hydrogen-bond acceptors (Lipinski definition) is 4. The lowest BCUT2D eigenvalue weighted by molar-refractivity contribution is -0.130. The fraction of sp³-hybridized carbons (Fsp3) is 0.600. The van der Waals surface area contributed by atoms with E-state index in [4.69, 9.17) is 21.1 Å². The van der Waals surface area contributed by atoms with Gasteiger partial charge in [0.1, 0.15) is 23.1 Å². The Morgan fingerprint density at radius 1 is 1.00 bits per heavy atom. The zero-order valence-electron chi connectivity index (χ0n) is 15.5. The van der Waals surface area contributed by atoms with Crippen LogP contribution < -0.4 is 9.47 Å². The number of benzene rings is 1. The van der Waals surface area contributed by atoms with E-state index in [9.17, 15) is 9.59 Å². The number of carbonyl (C=O) groups excluding carboxylic acids is 2. The highest BCUT2D eigenvalue weighted by atomic mass is 35.5. The van der Waals surface area contributed by atoms with Crippen molar-refractivity contribution in [3.8, 4) is 11.5 Å². The Hall–Kier alpha value is -1.55. The molecule has 0 amide bonds. The Morgan fingerprint density at radius 3 is 2.16 bits per heavy atom. The third-order valence-electron chi connectivity index (χ3n) is 4.27. The van der Waals surface area contributed by atoms with E-state index in [1.807, 2.05) is 12.1 Å². The number of hydrogen-bond donors (Lipinski definition) is 0. The molecule has 0 bridgehead atoms. The zero-order chi connectivity index (χ0) is 18.7. The molecule has 0 spiro atoms. The predicted molar refractivity (Wildman–Crippen MR) is 101 cm³/mol. The molecular weight excluding hydrogens is 340 g/mol. The highest BCUT2D eigenvalue weighted by molar-refractivity contribution is 6.32. The van der Waals surface area contributed by atoms with Crippen molar-refractivity contribution in [2.45, 2.75) is 58.8 Å². The summed E-state index contributed by atoms with van der Waals surface area (Å²) in [6.07, 6.45) is 6.99. The lowest BCUT2D eigenvalue weighted by Crippen LogP contribution is -2.19. The molecular formula is C20H29ClO4. The highest BCUT2D eigenvalue weighted by Gasteiger charge is 2.18. The predicted octanol–water partition coefficient (Wildman–Crippen LogP) is 5.25. The van der Waals surface area contributed by atoms with E-state index >= 15 is 0 Å². The summed E-state index contributed by atoms with van der Waals surface area (Å²) in [7, 11) is 1.60. The number of unbranched alkanes of at least 4 members (excludes halogenated alkanes) is 5. The monoisotopic (exact) mass is 368 g/mol. The summed E-state index contributed by atoms with van der Waals surface area (Å²) < 4.78 is 10.8. The Morgan fingerprint density at radius 2 is 1.60 bits per heavy atom. The third-order valence-corrected chi connectivity index (χ3v) is 4.56. The maximum atomic E-state index is 11.3. The summed E-state index contributed by atoms with van der Waals surface area (Å²) in [5, 5.41) is 0.560. The first-order chi connectivity index (χ1) is 12.0. The first-order valence-corrected chi connectivity index (χ1v) is 9.30. The van der Waals surface area contributed by atoms with Crippen LogP contribution >= 0.6 is 11.6 Å².